The molecule has 0 rings (SSSR count). The molecule has 0 aliphatic carbocycles. The molecule has 0 saturated carbocycles. The number of carbonyl (C=O) groups is 1. The molecule has 5 heteroatoms. The number of hydrogen-bond acceptors (Lipinski definition) is 4. The molecule has 30 heavy (non-hydrogen) atoms. The second-order valence-electron chi connectivity index (χ2n) is 8.83. The van der Waals surface area contributed by atoms with Crippen LogP contribution in [0.2, 0.25) is 0 Å². The van der Waals surface area contributed by atoms with Crippen LogP contribution in [-0.4, -0.2) is 53.6 Å². The molecule has 180 valence electrons. The first-order chi connectivity index (χ1) is 14.5. The average molecular weight is 429 g/mol. The van der Waals surface area contributed by atoms with Gasteiger partial charge in [-0.3, -0.25) is 0 Å². The monoisotopic (exact) mass is 428 g/mol. The Morgan fingerprint density at radius 1 is 0.733 bits per heavy atom. The quantitative estimate of drug-likeness (QED) is 0.116. The molecule has 0 aromatic heterocycles. The summed E-state index contributed by atoms with van der Waals surface area (Å²) in [4.78, 5) is 11.2. The first kappa shape index (κ1) is 29.2. The summed E-state index contributed by atoms with van der Waals surface area (Å²) in [6.07, 6.45) is 15.9. The second kappa shape index (κ2) is 20.1. The van der Waals surface area contributed by atoms with E-state index >= 15 is 0 Å². The third-order valence-electron chi connectivity index (χ3n) is 6.01. The normalized spacial score (nSPS) is 13.7. The van der Waals surface area contributed by atoms with Crippen LogP contribution in [0.5, 0.6) is 0 Å². The summed E-state index contributed by atoms with van der Waals surface area (Å²) in [5, 5.41) is 14.2. The van der Waals surface area contributed by atoms with Crippen molar-refractivity contribution < 1.29 is 14.6 Å². The van der Waals surface area contributed by atoms with Gasteiger partial charge >= 0.3 is 6.16 Å². The lowest BCUT2D eigenvalue weighted by atomic mass is 9.98. The number of ether oxygens (including phenoxy) is 1. The zero-order chi connectivity index (χ0) is 22.6. The topological polar surface area (TPSA) is 53.0 Å². The fourth-order valence-electron chi connectivity index (χ4n) is 4.24. The van der Waals surface area contributed by atoms with Crippen LogP contribution in [0.3, 0.4) is 0 Å². The Labute approximate surface area is 187 Å². The van der Waals surface area contributed by atoms with E-state index in [-0.39, 0.29) is 6.10 Å². The fourth-order valence-corrected chi connectivity index (χ4v) is 4.24. The van der Waals surface area contributed by atoms with Gasteiger partial charge in [0, 0.05) is 26.2 Å². The molecular formula is C25H52N2O3. The van der Waals surface area contributed by atoms with Crippen molar-refractivity contribution in [2.45, 2.75) is 136 Å². The summed E-state index contributed by atoms with van der Waals surface area (Å²) in [5.41, 5.74) is 0. The second-order valence-corrected chi connectivity index (χ2v) is 8.83. The summed E-state index contributed by atoms with van der Waals surface area (Å²) < 4.78 is 5.28. The Kier molecular flexibility index (Phi) is 19.6. The van der Waals surface area contributed by atoms with Gasteiger partial charge in [0.15, 0.2) is 0 Å². The zero-order valence-corrected chi connectivity index (χ0v) is 20.8. The smallest absolute Gasteiger partial charge is 0.450 e. The van der Waals surface area contributed by atoms with Crippen LogP contribution in [-0.2, 0) is 4.74 Å². The van der Waals surface area contributed by atoms with E-state index in [9.17, 15) is 9.90 Å². The summed E-state index contributed by atoms with van der Waals surface area (Å²) in [5.74, 6) is 0. The van der Waals surface area contributed by atoms with Crippen LogP contribution in [0.15, 0.2) is 0 Å². The van der Waals surface area contributed by atoms with E-state index in [0.717, 1.165) is 51.6 Å². The van der Waals surface area contributed by atoms with Crippen molar-refractivity contribution in [3.63, 3.8) is 0 Å². The minimum Gasteiger partial charge on any atom is -0.450 e. The van der Waals surface area contributed by atoms with E-state index < -0.39 is 6.16 Å². The van der Waals surface area contributed by atoms with Crippen LogP contribution < -0.4 is 0 Å². The molecule has 2 unspecified atom stereocenters. The lowest BCUT2D eigenvalue weighted by molar-refractivity contribution is -0.0520. The van der Waals surface area contributed by atoms with E-state index in [1.54, 1.807) is 0 Å². The maximum Gasteiger partial charge on any atom is 0.506 e. The molecule has 5 nitrogen and oxygen atoms in total. The first-order valence-electron chi connectivity index (χ1n) is 12.9. The van der Waals surface area contributed by atoms with Crippen molar-refractivity contribution in [1.82, 2.24) is 10.0 Å². The van der Waals surface area contributed by atoms with Crippen LogP contribution >= 0.6 is 0 Å². The van der Waals surface area contributed by atoms with Gasteiger partial charge in [0.2, 0.25) is 0 Å². The molecule has 1 N–H and O–H groups in total. The van der Waals surface area contributed by atoms with Gasteiger partial charge in [-0.05, 0) is 44.9 Å². The van der Waals surface area contributed by atoms with Gasteiger partial charge in [-0.2, -0.15) is 0 Å². The fraction of sp³-hybridized carbons (Fsp3) is 0.960. The highest BCUT2D eigenvalue weighted by molar-refractivity contribution is 5.57. The van der Waals surface area contributed by atoms with Crippen LogP contribution in [0.1, 0.15) is 124 Å². The zero-order valence-electron chi connectivity index (χ0n) is 20.8. The molecule has 0 radical (unpaired) electrons. The number of unbranched alkanes of at least 4 members (excludes halogenated alkanes) is 7. The molecule has 0 aliphatic heterocycles. The highest BCUT2D eigenvalue weighted by Crippen LogP contribution is 2.22. The van der Waals surface area contributed by atoms with Gasteiger partial charge < -0.3 is 9.84 Å². The molecule has 0 aromatic carbocycles. The van der Waals surface area contributed by atoms with Crippen LogP contribution in [0, 0.1) is 0 Å². The third-order valence-corrected chi connectivity index (χ3v) is 6.01. The van der Waals surface area contributed by atoms with E-state index in [1.807, 2.05) is 0 Å². The Morgan fingerprint density at radius 3 is 1.87 bits per heavy atom. The Hall–Kier alpha value is -0.810. The van der Waals surface area contributed by atoms with Gasteiger partial charge in [-0.15, -0.1) is 0 Å². The molecule has 0 amide bonds. The number of nitrogens with zero attached hydrogens (tertiary/aromatic N) is 2. The maximum absolute atomic E-state index is 11.2. The highest BCUT2D eigenvalue weighted by atomic mass is 16.7. The minimum atomic E-state index is -1.12. The minimum absolute atomic E-state index is 0.165. The van der Waals surface area contributed by atoms with Crippen molar-refractivity contribution in [1.29, 1.82) is 0 Å². The van der Waals surface area contributed by atoms with Gasteiger partial charge in [0.1, 0.15) is 6.10 Å². The lowest BCUT2D eigenvalue weighted by Crippen LogP contribution is -2.48. The molecule has 0 fully saturated rings. The standard InChI is InChI=1S/C25H52N2O3/c1-6-10-13-15-17-23(27(22-12-8-3)26(5)21-9-4)19-20-24(30-25(28)29)18-16-14-11-7-2/h23-24H,6-22H2,1-5H3,(H,28,29). The molecule has 0 bridgehead atoms. The highest BCUT2D eigenvalue weighted by Gasteiger charge is 2.24. The molecule has 0 spiro atoms. The van der Waals surface area contributed by atoms with E-state index in [4.69, 9.17) is 4.74 Å². The predicted molar refractivity (Wildman–Crippen MR) is 128 cm³/mol. The van der Waals surface area contributed by atoms with Crippen LogP contribution in [0.25, 0.3) is 0 Å². The molecule has 0 aliphatic rings. The Morgan fingerprint density at radius 2 is 1.33 bits per heavy atom. The van der Waals surface area contributed by atoms with Gasteiger partial charge in [0.05, 0.1) is 0 Å². The molecular weight excluding hydrogens is 376 g/mol. The lowest BCUT2D eigenvalue weighted by Gasteiger charge is -2.39. The van der Waals surface area contributed by atoms with Crippen LogP contribution in [0.4, 0.5) is 4.79 Å². The summed E-state index contributed by atoms with van der Waals surface area (Å²) in [7, 11) is 2.22. The van der Waals surface area contributed by atoms with E-state index in [2.05, 4.69) is 44.8 Å². The van der Waals surface area contributed by atoms with E-state index in [0.29, 0.717) is 6.04 Å². The van der Waals surface area contributed by atoms with Crippen molar-refractivity contribution >= 4 is 6.16 Å². The molecule has 0 heterocycles. The van der Waals surface area contributed by atoms with Gasteiger partial charge in [-0.1, -0.05) is 79.1 Å². The average Bonchev–Trinajstić information content (AvgIpc) is 2.71. The number of carboxylic acid groups (broad SMARTS) is 1. The first-order valence-corrected chi connectivity index (χ1v) is 12.9. The van der Waals surface area contributed by atoms with Crippen molar-refractivity contribution in [2.75, 3.05) is 20.1 Å². The maximum atomic E-state index is 11.2. The number of rotatable bonds is 21. The number of hydrazine groups is 1. The Bertz CT molecular complexity index is 393. The Balaban J connectivity index is 5.05. The van der Waals surface area contributed by atoms with Gasteiger partial charge in [0.25, 0.3) is 0 Å². The SMILES string of the molecule is CCCCCCC(CCC(CCCCCC)N(CCCC)N(C)CCC)OC(=O)O. The number of hydrogen-bond donors (Lipinski definition) is 1. The summed E-state index contributed by atoms with van der Waals surface area (Å²) in [6.45, 7) is 11.1. The van der Waals surface area contributed by atoms with E-state index in [1.165, 1.54) is 57.8 Å². The van der Waals surface area contributed by atoms with Crippen molar-refractivity contribution in [2.24, 2.45) is 0 Å². The van der Waals surface area contributed by atoms with Crippen molar-refractivity contribution in [3.05, 3.63) is 0 Å². The largest absolute Gasteiger partial charge is 0.506 e. The molecule has 0 aromatic rings. The predicted octanol–water partition coefficient (Wildman–Crippen LogP) is 7.50. The molecule has 0 saturated heterocycles. The third kappa shape index (κ3) is 15.1. The summed E-state index contributed by atoms with van der Waals surface area (Å²) >= 11 is 0. The summed E-state index contributed by atoms with van der Waals surface area (Å²) in [6, 6.07) is 0.473. The molecule has 2 atom stereocenters. The van der Waals surface area contributed by atoms with Gasteiger partial charge in [-0.25, -0.2) is 14.8 Å². The van der Waals surface area contributed by atoms with Crippen molar-refractivity contribution in [3.8, 4) is 0 Å².